The molecule has 1 aromatic rings. The van der Waals surface area contributed by atoms with Gasteiger partial charge in [-0.15, -0.1) is 0 Å². The Labute approximate surface area is 143 Å². The number of rotatable bonds is 3. The smallest absolute Gasteiger partial charge is 0.373 e. The van der Waals surface area contributed by atoms with Gasteiger partial charge in [0.15, 0.2) is 0 Å². The Morgan fingerprint density at radius 1 is 1.04 bits per heavy atom. The summed E-state index contributed by atoms with van der Waals surface area (Å²) in [4.78, 5) is 11.3. The summed E-state index contributed by atoms with van der Waals surface area (Å²) in [7, 11) is 0. The SMILES string of the molecule is O=CC1(C(O)(C(F)(F)F)C(F)(F)F)C=CC(c2ccccc2)=C(Cl)C1. The van der Waals surface area contributed by atoms with Crippen molar-refractivity contribution in [1.82, 2.24) is 0 Å². The molecule has 0 saturated heterocycles. The third-order valence-corrected chi connectivity index (χ3v) is 4.41. The van der Waals surface area contributed by atoms with Crippen LogP contribution in [-0.2, 0) is 4.79 Å². The summed E-state index contributed by atoms with van der Waals surface area (Å²) in [6, 6.07) is 7.96. The molecule has 1 aliphatic carbocycles. The lowest BCUT2D eigenvalue weighted by Gasteiger charge is -2.44. The molecule has 0 spiro atoms. The molecule has 2 rings (SSSR count). The van der Waals surface area contributed by atoms with Crippen LogP contribution in [0, 0.1) is 5.41 Å². The summed E-state index contributed by atoms with van der Waals surface area (Å²) in [6.07, 6.45) is -12.7. The zero-order valence-electron chi connectivity index (χ0n) is 12.3. The molecule has 1 aliphatic rings. The zero-order valence-corrected chi connectivity index (χ0v) is 13.1. The minimum Gasteiger partial charge on any atom is -0.373 e. The Balaban J connectivity index is 2.60. The van der Waals surface area contributed by atoms with Gasteiger partial charge in [-0.3, -0.25) is 0 Å². The van der Waals surface area contributed by atoms with E-state index in [1.165, 1.54) is 0 Å². The summed E-state index contributed by atoms with van der Waals surface area (Å²) < 4.78 is 78.9. The molecule has 1 unspecified atom stereocenters. The number of hydrogen-bond donors (Lipinski definition) is 1. The number of benzene rings is 1. The van der Waals surface area contributed by atoms with E-state index in [9.17, 15) is 36.2 Å². The molecule has 0 aliphatic heterocycles. The Morgan fingerprint density at radius 3 is 1.96 bits per heavy atom. The van der Waals surface area contributed by atoms with E-state index in [-0.39, 0.29) is 5.57 Å². The highest BCUT2D eigenvalue weighted by molar-refractivity contribution is 6.33. The lowest BCUT2D eigenvalue weighted by molar-refractivity contribution is -0.390. The summed E-state index contributed by atoms with van der Waals surface area (Å²) in [5.41, 5.74) is -7.97. The molecule has 0 fully saturated rings. The van der Waals surface area contributed by atoms with Gasteiger partial charge in [0.2, 0.25) is 0 Å². The lowest BCUT2D eigenvalue weighted by Crippen LogP contribution is -2.67. The van der Waals surface area contributed by atoms with Gasteiger partial charge in [0, 0.05) is 11.5 Å². The maximum atomic E-state index is 13.1. The van der Waals surface area contributed by atoms with Crippen LogP contribution in [0.15, 0.2) is 47.5 Å². The van der Waals surface area contributed by atoms with Crippen LogP contribution in [0.3, 0.4) is 0 Å². The second-order valence-electron chi connectivity index (χ2n) is 5.56. The number of carbonyl (C=O) groups excluding carboxylic acids is 1. The van der Waals surface area contributed by atoms with Gasteiger partial charge >= 0.3 is 12.4 Å². The van der Waals surface area contributed by atoms with E-state index in [0.717, 1.165) is 6.08 Å². The first kappa shape index (κ1) is 19.5. The minimum atomic E-state index is -6.14. The van der Waals surface area contributed by atoms with Crippen molar-refractivity contribution in [2.24, 2.45) is 5.41 Å². The van der Waals surface area contributed by atoms with Gasteiger partial charge in [-0.1, -0.05) is 54.1 Å². The van der Waals surface area contributed by atoms with E-state index in [1.807, 2.05) is 0 Å². The van der Waals surface area contributed by atoms with Crippen molar-refractivity contribution in [3.63, 3.8) is 0 Å². The fraction of sp³-hybridized carbons (Fsp3) is 0.312. The van der Waals surface area contributed by atoms with Gasteiger partial charge < -0.3 is 9.90 Å². The minimum absolute atomic E-state index is 0.173. The average molecular weight is 385 g/mol. The van der Waals surface area contributed by atoms with Gasteiger partial charge in [-0.25, -0.2) is 0 Å². The van der Waals surface area contributed by atoms with Crippen LogP contribution >= 0.6 is 11.6 Å². The molecule has 25 heavy (non-hydrogen) atoms. The predicted molar refractivity (Wildman–Crippen MR) is 78.5 cm³/mol. The summed E-state index contributed by atoms with van der Waals surface area (Å²) in [6.45, 7) is 0. The van der Waals surface area contributed by atoms with Crippen molar-refractivity contribution in [2.45, 2.75) is 24.4 Å². The highest BCUT2D eigenvalue weighted by Gasteiger charge is 2.79. The van der Waals surface area contributed by atoms with E-state index < -0.39 is 41.1 Å². The summed E-state index contributed by atoms with van der Waals surface area (Å²) >= 11 is 5.91. The van der Waals surface area contributed by atoms with Crippen LogP contribution in [0.2, 0.25) is 0 Å². The molecule has 0 bridgehead atoms. The Bertz CT molecular complexity index is 706. The van der Waals surface area contributed by atoms with Crippen molar-refractivity contribution < 1.29 is 36.2 Å². The highest BCUT2D eigenvalue weighted by Crippen LogP contribution is 2.57. The first-order valence-electron chi connectivity index (χ1n) is 6.85. The quantitative estimate of drug-likeness (QED) is 0.609. The standard InChI is InChI=1S/C16H11ClF6O2/c17-12-8-13(9-24,14(25,15(18,19)20)16(21,22)23)7-6-11(12)10-4-2-1-3-5-10/h1-7,9,25H,8H2. The Morgan fingerprint density at radius 2 is 1.56 bits per heavy atom. The second kappa shape index (κ2) is 6.17. The number of allylic oxidation sites excluding steroid dienone is 3. The monoisotopic (exact) mass is 384 g/mol. The second-order valence-corrected chi connectivity index (χ2v) is 6.02. The third kappa shape index (κ3) is 2.97. The fourth-order valence-corrected chi connectivity index (χ4v) is 3.10. The molecule has 0 radical (unpaired) electrons. The lowest BCUT2D eigenvalue weighted by atomic mass is 9.66. The number of carbonyl (C=O) groups is 1. The van der Waals surface area contributed by atoms with Crippen LogP contribution < -0.4 is 0 Å². The predicted octanol–water partition coefficient (Wildman–Crippen LogP) is 4.64. The van der Waals surface area contributed by atoms with Gasteiger partial charge in [0.05, 0.1) is 5.41 Å². The van der Waals surface area contributed by atoms with Gasteiger partial charge in [-0.2, -0.15) is 26.3 Å². The molecule has 0 saturated carbocycles. The van der Waals surface area contributed by atoms with Crippen molar-refractivity contribution in [2.75, 3.05) is 0 Å². The number of halogens is 7. The topological polar surface area (TPSA) is 37.3 Å². The Kier molecular flexibility index (Phi) is 4.82. The zero-order chi connectivity index (χ0) is 19.1. The first-order valence-corrected chi connectivity index (χ1v) is 7.23. The Hall–Kier alpha value is -1.80. The van der Waals surface area contributed by atoms with Gasteiger partial charge in [0.25, 0.3) is 5.60 Å². The highest BCUT2D eigenvalue weighted by atomic mass is 35.5. The first-order chi connectivity index (χ1) is 11.4. The number of alkyl halides is 6. The van der Waals surface area contributed by atoms with Crippen molar-refractivity contribution >= 4 is 23.5 Å². The van der Waals surface area contributed by atoms with Crippen LogP contribution in [-0.4, -0.2) is 29.3 Å². The van der Waals surface area contributed by atoms with Crippen LogP contribution in [0.5, 0.6) is 0 Å². The third-order valence-electron chi connectivity index (χ3n) is 4.08. The molecule has 1 aromatic carbocycles. The molecule has 0 aromatic heterocycles. The van der Waals surface area contributed by atoms with E-state index in [1.54, 1.807) is 30.3 Å². The van der Waals surface area contributed by atoms with E-state index in [2.05, 4.69) is 0 Å². The number of aliphatic hydroxyl groups is 1. The maximum absolute atomic E-state index is 13.1. The van der Waals surface area contributed by atoms with Gasteiger partial charge in [0.1, 0.15) is 6.29 Å². The van der Waals surface area contributed by atoms with E-state index in [0.29, 0.717) is 11.6 Å². The largest absolute Gasteiger partial charge is 0.427 e. The van der Waals surface area contributed by atoms with Crippen molar-refractivity contribution in [3.05, 3.63) is 53.1 Å². The van der Waals surface area contributed by atoms with Crippen molar-refractivity contribution in [3.8, 4) is 0 Å². The molecule has 136 valence electrons. The normalized spacial score (nSPS) is 22.2. The molecule has 9 heteroatoms. The van der Waals surface area contributed by atoms with E-state index in [4.69, 9.17) is 11.6 Å². The summed E-state index contributed by atoms with van der Waals surface area (Å²) in [5, 5.41) is 9.22. The van der Waals surface area contributed by atoms with Crippen LogP contribution in [0.4, 0.5) is 26.3 Å². The number of aldehydes is 1. The molecular weight excluding hydrogens is 374 g/mol. The summed E-state index contributed by atoms with van der Waals surface area (Å²) in [5.74, 6) is 0. The van der Waals surface area contributed by atoms with Gasteiger partial charge in [-0.05, 0) is 11.1 Å². The maximum Gasteiger partial charge on any atom is 0.427 e. The van der Waals surface area contributed by atoms with Crippen molar-refractivity contribution in [1.29, 1.82) is 0 Å². The van der Waals surface area contributed by atoms with E-state index >= 15 is 0 Å². The number of hydrogen-bond acceptors (Lipinski definition) is 2. The molecule has 1 N–H and O–H groups in total. The molecule has 2 nitrogen and oxygen atoms in total. The molecular formula is C16H11ClF6O2. The molecule has 0 amide bonds. The van der Waals surface area contributed by atoms with Crippen LogP contribution in [0.1, 0.15) is 12.0 Å². The van der Waals surface area contributed by atoms with Crippen LogP contribution in [0.25, 0.3) is 5.57 Å². The molecule has 0 heterocycles. The fourth-order valence-electron chi connectivity index (χ4n) is 2.71. The molecule has 1 atom stereocenters. The average Bonchev–Trinajstić information content (AvgIpc) is 2.52.